The van der Waals surface area contributed by atoms with E-state index in [2.05, 4.69) is 15.3 Å². The highest BCUT2D eigenvalue weighted by Crippen LogP contribution is 2.29. The van der Waals surface area contributed by atoms with Crippen LogP contribution in [0, 0.1) is 0 Å². The molecule has 1 saturated heterocycles. The van der Waals surface area contributed by atoms with E-state index in [9.17, 15) is 34.5 Å². The Balaban J connectivity index is 1.67. The van der Waals surface area contributed by atoms with Gasteiger partial charge in [0.1, 0.15) is 11.7 Å². The molecule has 5 N–H and O–H groups in total. The van der Waals surface area contributed by atoms with Crippen molar-refractivity contribution in [1.82, 2.24) is 20.2 Å². The summed E-state index contributed by atoms with van der Waals surface area (Å²) in [6, 6.07) is 6.59. The van der Waals surface area contributed by atoms with Crippen molar-refractivity contribution in [2.45, 2.75) is 50.8 Å². The Morgan fingerprint density at radius 3 is 2.63 bits per heavy atom. The molecule has 2 aromatic heterocycles. The molecule has 0 saturated carbocycles. The number of aliphatic hydroxyl groups is 1. The van der Waals surface area contributed by atoms with Crippen LogP contribution in [0.1, 0.15) is 42.4 Å². The number of aliphatic hydroxyl groups excluding tert-OH is 1. The van der Waals surface area contributed by atoms with E-state index in [1.807, 2.05) is 24.3 Å². The van der Waals surface area contributed by atoms with Crippen molar-refractivity contribution in [2.75, 3.05) is 6.54 Å². The molecule has 1 fully saturated rings. The van der Waals surface area contributed by atoms with Gasteiger partial charge < -0.3 is 30.5 Å². The average molecular weight is 482 g/mol. The van der Waals surface area contributed by atoms with Crippen LogP contribution >= 0.6 is 0 Å². The molecule has 35 heavy (non-hydrogen) atoms. The quantitative estimate of drug-likeness (QED) is 0.319. The summed E-state index contributed by atoms with van der Waals surface area (Å²) in [5.74, 6) is -3.50. The fourth-order valence-corrected chi connectivity index (χ4v) is 4.50. The summed E-state index contributed by atoms with van der Waals surface area (Å²) in [5.41, 5.74) is 1.80. The zero-order valence-corrected chi connectivity index (χ0v) is 19.0. The number of carboxylic acids is 2. The first kappa shape index (κ1) is 24.1. The van der Waals surface area contributed by atoms with Crippen molar-refractivity contribution < 1.29 is 34.5 Å². The molecule has 1 aliphatic heterocycles. The molecule has 0 radical (unpaired) electrons. The molecule has 4 rings (SSSR count). The molecule has 2 amide bonds. The molecule has 1 aliphatic rings. The maximum absolute atomic E-state index is 12.9. The fourth-order valence-electron chi connectivity index (χ4n) is 4.50. The first-order chi connectivity index (χ1) is 16.7. The fraction of sp³-hybridized carbons (Fsp3) is 0.375. The number of carbonyl (C=O) groups excluding carboxylic acids is 2. The Morgan fingerprint density at radius 1 is 1.20 bits per heavy atom. The molecule has 3 heterocycles. The number of nitrogens with zero attached hydrogens (tertiary/aromatic N) is 2. The number of aryl methyl sites for hydroxylation is 1. The van der Waals surface area contributed by atoms with Crippen LogP contribution < -0.4 is 5.32 Å². The van der Waals surface area contributed by atoms with Gasteiger partial charge in [-0.3, -0.25) is 9.59 Å². The molecule has 11 nitrogen and oxygen atoms in total. The van der Waals surface area contributed by atoms with Crippen LogP contribution in [0.4, 0.5) is 0 Å². The lowest BCUT2D eigenvalue weighted by molar-refractivity contribution is -0.148. The number of aromatic nitrogens is 2. The normalized spacial score (nSPS) is 17.4. The number of pyridine rings is 1. The van der Waals surface area contributed by atoms with E-state index in [1.165, 1.54) is 17.9 Å². The van der Waals surface area contributed by atoms with E-state index in [0.29, 0.717) is 36.0 Å². The summed E-state index contributed by atoms with van der Waals surface area (Å²) in [5, 5.41) is 32.2. The molecular formula is C24H26N4O7. The van der Waals surface area contributed by atoms with Crippen LogP contribution in [0.3, 0.4) is 0 Å². The Morgan fingerprint density at radius 2 is 1.94 bits per heavy atom. The Labute approximate surface area is 199 Å². The van der Waals surface area contributed by atoms with Crippen LogP contribution in [0.15, 0.2) is 30.3 Å². The van der Waals surface area contributed by atoms with Crippen LogP contribution in [-0.4, -0.2) is 78.7 Å². The number of aromatic amines is 1. The van der Waals surface area contributed by atoms with Crippen molar-refractivity contribution in [3.8, 4) is 0 Å². The number of para-hydroxylation sites is 1. The third-order valence-electron chi connectivity index (χ3n) is 6.27. The number of amides is 2. The first-order valence-corrected chi connectivity index (χ1v) is 11.3. The van der Waals surface area contributed by atoms with Crippen LogP contribution in [0.25, 0.3) is 21.8 Å². The Bertz CT molecular complexity index is 1320. The van der Waals surface area contributed by atoms with Crippen molar-refractivity contribution in [3.63, 3.8) is 0 Å². The number of carboxylic acid groups (broad SMARTS) is 2. The van der Waals surface area contributed by atoms with Crippen LogP contribution in [0.5, 0.6) is 0 Å². The molecule has 184 valence electrons. The maximum Gasteiger partial charge on any atom is 0.328 e. The number of carbonyl (C=O) groups is 4. The molecule has 0 aliphatic carbocycles. The third kappa shape index (κ3) is 4.80. The topological polar surface area (TPSA) is 173 Å². The minimum absolute atomic E-state index is 0.00224. The van der Waals surface area contributed by atoms with E-state index in [-0.39, 0.29) is 24.4 Å². The standard InChI is InChI=1S/C24H26N4O7/c1-12(29)20(24(34)35)27-22(31)17-11-14-13-5-2-3-6-15(13)26-21(14)16(25-17)8-9-19(30)28-10-4-7-18(28)23(32)33/h2-3,5-6,11-12,18,20,26,29H,4,7-10H2,1H3,(H,27,31)(H,32,33)(H,34,35). The Kier molecular flexibility index (Phi) is 6.70. The van der Waals surface area contributed by atoms with E-state index in [0.717, 1.165) is 10.9 Å². The summed E-state index contributed by atoms with van der Waals surface area (Å²) in [7, 11) is 0. The third-order valence-corrected chi connectivity index (χ3v) is 6.27. The van der Waals surface area contributed by atoms with Crippen molar-refractivity contribution in [2.24, 2.45) is 0 Å². The highest BCUT2D eigenvalue weighted by Gasteiger charge is 2.34. The van der Waals surface area contributed by atoms with Gasteiger partial charge >= 0.3 is 11.9 Å². The molecule has 3 aromatic rings. The highest BCUT2D eigenvalue weighted by atomic mass is 16.4. The van der Waals surface area contributed by atoms with Gasteiger partial charge in [0, 0.05) is 35.7 Å². The van der Waals surface area contributed by atoms with Crippen molar-refractivity contribution in [1.29, 1.82) is 0 Å². The lowest BCUT2D eigenvalue weighted by Gasteiger charge is -2.21. The van der Waals surface area contributed by atoms with E-state index in [1.54, 1.807) is 0 Å². The summed E-state index contributed by atoms with van der Waals surface area (Å²) in [6.07, 6.45) is -0.151. The lowest BCUT2D eigenvalue weighted by atomic mass is 10.1. The SMILES string of the molecule is CC(O)C(NC(=O)c1cc2c([nH]c3ccccc32)c(CCC(=O)N2CCCC2C(=O)O)n1)C(=O)O. The number of hydrogen-bond acceptors (Lipinski definition) is 6. The van der Waals surface area contributed by atoms with Crippen LogP contribution in [-0.2, 0) is 20.8 Å². The predicted molar refractivity (Wildman–Crippen MR) is 125 cm³/mol. The number of aliphatic carboxylic acids is 2. The molecule has 0 spiro atoms. The molecule has 3 unspecified atom stereocenters. The number of benzene rings is 1. The summed E-state index contributed by atoms with van der Waals surface area (Å²) >= 11 is 0. The molecule has 11 heteroatoms. The first-order valence-electron chi connectivity index (χ1n) is 11.3. The number of H-pyrrole nitrogens is 1. The zero-order valence-electron chi connectivity index (χ0n) is 19.0. The second-order valence-electron chi connectivity index (χ2n) is 8.66. The number of likely N-dealkylation sites (tertiary alicyclic amines) is 1. The molecule has 1 aromatic carbocycles. The average Bonchev–Trinajstić information content (AvgIpc) is 3.45. The van der Waals surface area contributed by atoms with Gasteiger partial charge in [-0.25, -0.2) is 14.6 Å². The van der Waals surface area contributed by atoms with E-state index < -0.39 is 36.0 Å². The second-order valence-corrected chi connectivity index (χ2v) is 8.66. The summed E-state index contributed by atoms with van der Waals surface area (Å²) < 4.78 is 0. The minimum Gasteiger partial charge on any atom is -0.480 e. The maximum atomic E-state index is 12.9. The minimum atomic E-state index is -1.52. The molecule has 0 bridgehead atoms. The van der Waals surface area contributed by atoms with Gasteiger partial charge in [0.05, 0.1) is 17.3 Å². The van der Waals surface area contributed by atoms with Gasteiger partial charge in [-0.15, -0.1) is 0 Å². The van der Waals surface area contributed by atoms with Crippen molar-refractivity contribution in [3.05, 3.63) is 41.7 Å². The summed E-state index contributed by atoms with van der Waals surface area (Å²) in [4.78, 5) is 57.6. The predicted octanol–water partition coefficient (Wildman–Crippen LogP) is 1.29. The number of nitrogens with one attached hydrogen (secondary N) is 2. The Hall–Kier alpha value is -3.99. The van der Waals surface area contributed by atoms with Gasteiger partial charge in [0.2, 0.25) is 5.91 Å². The smallest absolute Gasteiger partial charge is 0.328 e. The van der Waals surface area contributed by atoms with E-state index >= 15 is 0 Å². The van der Waals surface area contributed by atoms with Crippen molar-refractivity contribution >= 4 is 45.6 Å². The highest BCUT2D eigenvalue weighted by molar-refractivity contribution is 6.10. The van der Waals surface area contributed by atoms with Gasteiger partial charge in [0.15, 0.2) is 6.04 Å². The van der Waals surface area contributed by atoms with Gasteiger partial charge in [-0.1, -0.05) is 18.2 Å². The second kappa shape index (κ2) is 9.71. The van der Waals surface area contributed by atoms with Gasteiger partial charge in [-0.05, 0) is 31.9 Å². The monoisotopic (exact) mass is 482 g/mol. The van der Waals surface area contributed by atoms with Crippen LogP contribution in [0.2, 0.25) is 0 Å². The zero-order chi connectivity index (χ0) is 25.3. The lowest BCUT2D eigenvalue weighted by Crippen LogP contribution is -2.47. The largest absolute Gasteiger partial charge is 0.480 e. The molecular weight excluding hydrogens is 456 g/mol. The number of hydrogen-bond donors (Lipinski definition) is 5. The molecule has 3 atom stereocenters. The van der Waals surface area contributed by atoms with E-state index in [4.69, 9.17) is 0 Å². The number of fused-ring (bicyclic) bond motifs is 3. The van der Waals surface area contributed by atoms with Gasteiger partial charge in [-0.2, -0.15) is 0 Å². The number of rotatable bonds is 8. The van der Waals surface area contributed by atoms with Gasteiger partial charge in [0.25, 0.3) is 5.91 Å². The summed E-state index contributed by atoms with van der Waals surface area (Å²) in [6.45, 7) is 1.64.